The molecule has 0 radical (unpaired) electrons. The van der Waals surface area contributed by atoms with Crippen molar-refractivity contribution in [1.29, 1.82) is 0 Å². The van der Waals surface area contributed by atoms with Gasteiger partial charge >= 0.3 is 5.97 Å². The molecular weight excluding hydrogens is 346 g/mol. The van der Waals surface area contributed by atoms with Gasteiger partial charge in [-0.1, -0.05) is 12.8 Å². The monoisotopic (exact) mass is 379 g/mol. The van der Waals surface area contributed by atoms with E-state index in [1.165, 1.54) is 17.7 Å². The standard InChI is InChI=1S/C20H33N3O4/c24-18(21-16-5-1-2-6-16)13-15-8-11-22(12-9-15)17-7-3-4-10-23(20(17)27)14-19(25)26/h15-17H,1-14H2,(H,21,24)(H,25,26). The maximum atomic E-state index is 12.8. The van der Waals surface area contributed by atoms with E-state index in [1.807, 2.05) is 0 Å². The number of carboxylic acid groups (broad SMARTS) is 1. The predicted molar refractivity (Wildman–Crippen MR) is 101 cm³/mol. The lowest BCUT2D eigenvalue weighted by molar-refractivity contribution is -0.146. The van der Waals surface area contributed by atoms with Gasteiger partial charge in [-0.25, -0.2) is 0 Å². The molecule has 2 aliphatic heterocycles. The Labute approximate surface area is 161 Å². The third-order valence-corrected chi connectivity index (χ3v) is 6.36. The van der Waals surface area contributed by atoms with Crippen LogP contribution in [0.2, 0.25) is 0 Å². The number of amides is 2. The molecule has 1 aliphatic carbocycles. The van der Waals surface area contributed by atoms with Crippen LogP contribution in [-0.2, 0) is 14.4 Å². The number of hydrogen-bond donors (Lipinski definition) is 2. The van der Waals surface area contributed by atoms with E-state index in [9.17, 15) is 14.4 Å². The highest BCUT2D eigenvalue weighted by atomic mass is 16.4. The Hall–Kier alpha value is -1.63. The first-order chi connectivity index (χ1) is 13.0. The summed E-state index contributed by atoms with van der Waals surface area (Å²) in [5.41, 5.74) is 0. The molecule has 0 aromatic carbocycles. The fourth-order valence-electron chi connectivity index (χ4n) is 4.83. The van der Waals surface area contributed by atoms with Gasteiger partial charge in [0.25, 0.3) is 0 Å². The third kappa shape index (κ3) is 5.67. The first-order valence-electron chi connectivity index (χ1n) is 10.6. The van der Waals surface area contributed by atoms with Crippen LogP contribution in [0.15, 0.2) is 0 Å². The highest BCUT2D eigenvalue weighted by Gasteiger charge is 2.34. The van der Waals surface area contributed by atoms with Crippen molar-refractivity contribution in [3.63, 3.8) is 0 Å². The van der Waals surface area contributed by atoms with E-state index in [1.54, 1.807) is 0 Å². The second-order valence-electron chi connectivity index (χ2n) is 8.40. The fourth-order valence-corrected chi connectivity index (χ4v) is 4.83. The minimum absolute atomic E-state index is 0.0349. The largest absolute Gasteiger partial charge is 0.480 e. The zero-order valence-corrected chi connectivity index (χ0v) is 16.2. The maximum absolute atomic E-state index is 12.8. The van der Waals surface area contributed by atoms with E-state index in [4.69, 9.17) is 5.11 Å². The Balaban J connectivity index is 1.46. The zero-order chi connectivity index (χ0) is 19.2. The minimum atomic E-state index is -0.948. The lowest BCUT2D eigenvalue weighted by atomic mass is 9.91. The summed E-state index contributed by atoms with van der Waals surface area (Å²) in [6.45, 7) is 1.98. The van der Waals surface area contributed by atoms with Crippen molar-refractivity contribution < 1.29 is 19.5 Å². The summed E-state index contributed by atoms with van der Waals surface area (Å²) in [6, 6.07) is 0.182. The molecule has 1 unspecified atom stereocenters. The van der Waals surface area contributed by atoms with E-state index >= 15 is 0 Å². The van der Waals surface area contributed by atoms with Gasteiger partial charge in [0, 0.05) is 19.0 Å². The van der Waals surface area contributed by atoms with Gasteiger partial charge in [0.2, 0.25) is 11.8 Å². The summed E-state index contributed by atoms with van der Waals surface area (Å²) in [5.74, 6) is -0.416. The molecule has 1 saturated carbocycles. The Kier molecular flexibility index (Phi) is 7.10. The Morgan fingerprint density at radius 3 is 2.30 bits per heavy atom. The fraction of sp³-hybridized carbons (Fsp3) is 0.850. The molecule has 2 heterocycles. The van der Waals surface area contributed by atoms with Gasteiger partial charge in [0.05, 0.1) is 6.04 Å². The van der Waals surface area contributed by atoms with Crippen LogP contribution in [-0.4, -0.2) is 71.0 Å². The summed E-state index contributed by atoms with van der Waals surface area (Å²) in [6.07, 6.45) is 9.75. The molecule has 3 fully saturated rings. The number of nitrogens with zero attached hydrogens (tertiary/aromatic N) is 2. The lowest BCUT2D eigenvalue weighted by Gasteiger charge is -2.37. The quantitative estimate of drug-likeness (QED) is 0.732. The number of rotatable bonds is 6. The second kappa shape index (κ2) is 9.53. The van der Waals surface area contributed by atoms with E-state index in [0.29, 0.717) is 24.9 Å². The van der Waals surface area contributed by atoms with Gasteiger partial charge in [-0.05, 0) is 64.0 Å². The lowest BCUT2D eigenvalue weighted by Crippen LogP contribution is -2.51. The maximum Gasteiger partial charge on any atom is 0.323 e. The van der Waals surface area contributed by atoms with Crippen molar-refractivity contribution in [1.82, 2.24) is 15.1 Å². The molecule has 27 heavy (non-hydrogen) atoms. The number of aliphatic carboxylic acids is 1. The van der Waals surface area contributed by atoms with Crippen LogP contribution in [0.1, 0.15) is 64.2 Å². The minimum Gasteiger partial charge on any atom is -0.480 e. The summed E-state index contributed by atoms with van der Waals surface area (Å²) >= 11 is 0. The first kappa shape index (κ1) is 20.1. The topological polar surface area (TPSA) is 89.9 Å². The van der Waals surface area contributed by atoms with Gasteiger partial charge in [-0.2, -0.15) is 0 Å². The molecule has 152 valence electrons. The number of carbonyl (C=O) groups excluding carboxylic acids is 2. The average molecular weight is 380 g/mol. The molecule has 3 aliphatic rings. The molecule has 0 bridgehead atoms. The molecule has 0 aromatic heterocycles. The molecule has 2 saturated heterocycles. The second-order valence-corrected chi connectivity index (χ2v) is 8.40. The van der Waals surface area contributed by atoms with Crippen LogP contribution in [0, 0.1) is 5.92 Å². The molecule has 0 spiro atoms. The van der Waals surface area contributed by atoms with Gasteiger partial charge in [-0.3, -0.25) is 19.3 Å². The smallest absolute Gasteiger partial charge is 0.323 e. The molecule has 3 rings (SSSR count). The number of carbonyl (C=O) groups is 3. The Morgan fingerprint density at radius 2 is 1.63 bits per heavy atom. The van der Waals surface area contributed by atoms with E-state index in [-0.39, 0.29) is 24.4 Å². The normalized spacial score (nSPS) is 26.1. The van der Waals surface area contributed by atoms with Crippen molar-refractivity contribution in [2.75, 3.05) is 26.2 Å². The molecular formula is C20H33N3O4. The van der Waals surface area contributed by atoms with Crippen molar-refractivity contribution in [2.24, 2.45) is 5.92 Å². The van der Waals surface area contributed by atoms with Crippen LogP contribution in [0.25, 0.3) is 0 Å². The van der Waals surface area contributed by atoms with Crippen molar-refractivity contribution in [3.05, 3.63) is 0 Å². The van der Waals surface area contributed by atoms with Crippen molar-refractivity contribution in [3.8, 4) is 0 Å². The number of hydrogen-bond acceptors (Lipinski definition) is 4. The molecule has 7 heteroatoms. The number of nitrogens with one attached hydrogen (secondary N) is 1. The molecule has 2 N–H and O–H groups in total. The van der Waals surface area contributed by atoms with Crippen molar-refractivity contribution in [2.45, 2.75) is 76.3 Å². The SMILES string of the molecule is O=C(O)CN1CCCCC(N2CCC(CC(=O)NC3CCCC3)CC2)C1=O. The Bertz CT molecular complexity index is 539. The molecule has 2 amide bonds. The van der Waals surface area contributed by atoms with E-state index < -0.39 is 5.97 Å². The van der Waals surface area contributed by atoms with Crippen LogP contribution >= 0.6 is 0 Å². The summed E-state index contributed by atoms with van der Waals surface area (Å²) < 4.78 is 0. The van der Waals surface area contributed by atoms with Crippen LogP contribution < -0.4 is 5.32 Å². The van der Waals surface area contributed by atoms with Gasteiger partial charge in [0.1, 0.15) is 6.54 Å². The zero-order valence-electron chi connectivity index (χ0n) is 16.2. The van der Waals surface area contributed by atoms with Crippen molar-refractivity contribution >= 4 is 17.8 Å². The first-order valence-corrected chi connectivity index (χ1v) is 10.6. The summed E-state index contributed by atoms with van der Waals surface area (Å²) in [4.78, 5) is 39.8. The van der Waals surface area contributed by atoms with Gasteiger partial charge in [0.15, 0.2) is 0 Å². The van der Waals surface area contributed by atoms with Crippen LogP contribution in [0.5, 0.6) is 0 Å². The van der Waals surface area contributed by atoms with Gasteiger partial charge < -0.3 is 15.3 Å². The van der Waals surface area contributed by atoms with Gasteiger partial charge in [-0.15, -0.1) is 0 Å². The number of carboxylic acids is 1. The number of piperidine rings is 1. The van der Waals surface area contributed by atoms with Crippen LogP contribution in [0.4, 0.5) is 0 Å². The molecule has 1 atom stereocenters. The molecule has 0 aromatic rings. The number of likely N-dealkylation sites (tertiary alicyclic amines) is 2. The summed E-state index contributed by atoms with van der Waals surface area (Å²) in [7, 11) is 0. The predicted octanol–water partition coefficient (Wildman–Crippen LogP) is 1.61. The van der Waals surface area contributed by atoms with Crippen LogP contribution in [0.3, 0.4) is 0 Å². The highest BCUT2D eigenvalue weighted by Crippen LogP contribution is 2.26. The Morgan fingerprint density at radius 1 is 0.963 bits per heavy atom. The van der Waals surface area contributed by atoms with E-state index in [0.717, 1.165) is 58.0 Å². The molecule has 7 nitrogen and oxygen atoms in total. The summed E-state index contributed by atoms with van der Waals surface area (Å²) in [5, 5.41) is 12.2. The van der Waals surface area contributed by atoms with E-state index in [2.05, 4.69) is 10.2 Å². The highest BCUT2D eigenvalue weighted by molar-refractivity contribution is 5.85. The average Bonchev–Trinajstić information content (AvgIpc) is 3.07. The third-order valence-electron chi connectivity index (χ3n) is 6.36.